The fourth-order valence-corrected chi connectivity index (χ4v) is 5.25. The lowest BCUT2D eigenvalue weighted by molar-refractivity contribution is -0.137. The number of likely N-dealkylation sites (tertiary alicyclic amines) is 1. The van der Waals surface area contributed by atoms with E-state index in [9.17, 15) is 23.3 Å². The first-order chi connectivity index (χ1) is 12.3. The van der Waals surface area contributed by atoms with Gasteiger partial charge >= 0.3 is 7.12 Å². The van der Waals surface area contributed by atoms with Gasteiger partial charge < -0.3 is 20.7 Å². The number of carbonyl (C=O) groups excluding carboxylic acids is 1. The van der Waals surface area contributed by atoms with E-state index >= 15 is 0 Å². The first kappa shape index (κ1) is 19.3. The van der Waals surface area contributed by atoms with Crippen LogP contribution in [0.2, 0.25) is 0 Å². The van der Waals surface area contributed by atoms with Crippen molar-refractivity contribution >= 4 is 23.0 Å². The lowest BCUT2D eigenvalue weighted by Gasteiger charge is -2.38. The Balaban J connectivity index is 1.79. The van der Waals surface area contributed by atoms with E-state index in [0.29, 0.717) is 25.8 Å². The van der Waals surface area contributed by atoms with Crippen molar-refractivity contribution in [1.82, 2.24) is 9.21 Å². The minimum atomic E-state index is -3.70. The van der Waals surface area contributed by atoms with Crippen molar-refractivity contribution in [3.8, 4) is 0 Å². The Bertz CT molecular complexity index is 746. The summed E-state index contributed by atoms with van der Waals surface area (Å²) in [4.78, 5) is 14.6. The molecular formula is C16H24BN3O5S. The predicted octanol–water partition coefficient (Wildman–Crippen LogP) is -0.972. The van der Waals surface area contributed by atoms with Crippen LogP contribution in [-0.4, -0.2) is 72.3 Å². The van der Waals surface area contributed by atoms with Gasteiger partial charge in [0.25, 0.3) is 0 Å². The fourth-order valence-electron chi connectivity index (χ4n) is 3.75. The maximum Gasteiger partial charge on any atom is 0.475 e. The van der Waals surface area contributed by atoms with E-state index in [1.807, 2.05) is 0 Å². The second-order valence-electron chi connectivity index (χ2n) is 6.89. The molecule has 10 heteroatoms. The van der Waals surface area contributed by atoms with E-state index in [-0.39, 0.29) is 23.9 Å². The van der Waals surface area contributed by atoms with Gasteiger partial charge in [0, 0.05) is 25.7 Å². The molecule has 3 rings (SSSR count). The average Bonchev–Trinajstić information content (AvgIpc) is 3.12. The molecule has 3 atom stereocenters. The zero-order valence-electron chi connectivity index (χ0n) is 14.4. The van der Waals surface area contributed by atoms with Gasteiger partial charge in [-0.25, -0.2) is 8.42 Å². The highest BCUT2D eigenvalue weighted by atomic mass is 32.2. The number of carbonyl (C=O) groups is 1. The first-order valence-electron chi connectivity index (χ1n) is 8.80. The Morgan fingerprint density at radius 2 is 1.85 bits per heavy atom. The summed E-state index contributed by atoms with van der Waals surface area (Å²) in [6.07, 6.45) is 1.57. The van der Waals surface area contributed by atoms with Crippen LogP contribution in [0, 0.1) is 5.92 Å². The zero-order chi connectivity index (χ0) is 18.9. The third-order valence-electron chi connectivity index (χ3n) is 5.25. The van der Waals surface area contributed by atoms with Crippen molar-refractivity contribution in [2.45, 2.75) is 36.1 Å². The lowest BCUT2D eigenvalue weighted by Crippen LogP contribution is -2.57. The molecule has 2 heterocycles. The van der Waals surface area contributed by atoms with Crippen LogP contribution in [0.25, 0.3) is 0 Å². The molecule has 2 saturated heterocycles. The molecule has 1 amide bonds. The van der Waals surface area contributed by atoms with Gasteiger partial charge in [-0.15, -0.1) is 0 Å². The van der Waals surface area contributed by atoms with Crippen LogP contribution in [0.3, 0.4) is 0 Å². The van der Waals surface area contributed by atoms with E-state index in [1.54, 1.807) is 18.2 Å². The third-order valence-corrected chi connectivity index (χ3v) is 7.13. The number of hydrogen-bond donors (Lipinski definition) is 3. The van der Waals surface area contributed by atoms with E-state index in [2.05, 4.69) is 0 Å². The molecule has 2 fully saturated rings. The first-order valence-corrected chi connectivity index (χ1v) is 10.2. The standard InChI is InChI=1S/C16H24BN3O5S/c18-14-8-10-19(26(24,25)12-5-2-1-3-6-12)11-13(14)16(21)20-9-4-7-15(20)17(22)23/h1-3,5-6,13-15,22-23H,4,7-11,18H2/t13-,14-,15+/m1/s1. The highest BCUT2D eigenvalue weighted by Crippen LogP contribution is 2.27. The Morgan fingerprint density at radius 1 is 1.15 bits per heavy atom. The highest BCUT2D eigenvalue weighted by molar-refractivity contribution is 7.89. The topological polar surface area (TPSA) is 124 Å². The smallest absolute Gasteiger partial charge is 0.426 e. The summed E-state index contributed by atoms with van der Waals surface area (Å²) in [5.41, 5.74) is 6.12. The number of nitrogens with zero attached hydrogens (tertiary/aromatic N) is 2. The van der Waals surface area contributed by atoms with Gasteiger partial charge in [-0.05, 0) is 31.4 Å². The minimum absolute atomic E-state index is 0.00196. The fraction of sp³-hybridized carbons (Fsp3) is 0.562. The Labute approximate surface area is 153 Å². The highest BCUT2D eigenvalue weighted by Gasteiger charge is 2.44. The number of piperidine rings is 1. The van der Waals surface area contributed by atoms with Gasteiger partial charge in [0.2, 0.25) is 15.9 Å². The predicted molar refractivity (Wildman–Crippen MR) is 96.2 cm³/mol. The molecule has 26 heavy (non-hydrogen) atoms. The van der Waals surface area contributed by atoms with E-state index in [1.165, 1.54) is 21.3 Å². The molecule has 8 nitrogen and oxygen atoms in total. The van der Waals surface area contributed by atoms with Gasteiger partial charge in [0.1, 0.15) is 0 Å². The summed E-state index contributed by atoms with van der Waals surface area (Å²) in [6.45, 7) is 0.686. The number of hydrogen-bond acceptors (Lipinski definition) is 6. The number of nitrogens with two attached hydrogens (primary N) is 1. The summed E-state index contributed by atoms with van der Waals surface area (Å²) in [5, 5.41) is 19.0. The molecule has 0 saturated carbocycles. The second-order valence-corrected chi connectivity index (χ2v) is 8.83. The molecule has 1 aromatic carbocycles. The summed E-state index contributed by atoms with van der Waals surface area (Å²) < 4.78 is 27.0. The molecule has 0 radical (unpaired) electrons. The molecule has 2 aliphatic rings. The summed E-state index contributed by atoms with van der Waals surface area (Å²) >= 11 is 0. The maximum absolute atomic E-state index is 12.9. The normalized spacial score (nSPS) is 27.5. The van der Waals surface area contributed by atoms with Crippen LogP contribution >= 0.6 is 0 Å². The van der Waals surface area contributed by atoms with E-state index in [0.717, 1.165) is 0 Å². The van der Waals surface area contributed by atoms with Gasteiger partial charge in [0.15, 0.2) is 0 Å². The minimum Gasteiger partial charge on any atom is -0.426 e. The van der Waals surface area contributed by atoms with Crippen molar-refractivity contribution in [1.29, 1.82) is 0 Å². The van der Waals surface area contributed by atoms with Crippen LogP contribution in [-0.2, 0) is 14.8 Å². The van der Waals surface area contributed by atoms with Crippen molar-refractivity contribution in [2.24, 2.45) is 11.7 Å². The molecule has 0 unspecified atom stereocenters. The Morgan fingerprint density at radius 3 is 2.50 bits per heavy atom. The zero-order valence-corrected chi connectivity index (χ0v) is 15.3. The van der Waals surface area contributed by atoms with Crippen molar-refractivity contribution in [3.05, 3.63) is 30.3 Å². The molecule has 4 N–H and O–H groups in total. The molecule has 2 aliphatic heterocycles. The van der Waals surface area contributed by atoms with Gasteiger partial charge in [-0.3, -0.25) is 4.79 Å². The lowest BCUT2D eigenvalue weighted by atomic mass is 9.77. The number of sulfonamides is 1. The van der Waals surface area contributed by atoms with Crippen molar-refractivity contribution in [2.75, 3.05) is 19.6 Å². The average molecular weight is 381 g/mol. The Kier molecular flexibility index (Phi) is 5.68. The summed E-state index contributed by atoms with van der Waals surface area (Å²) in [7, 11) is -5.30. The molecule has 142 valence electrons. The Hall–Kier alpha value is -1.46. The molecule has 0 aromatic heterocycles. The molecule has 1 aromatic rings. The third kappa shape index (κ3) is 3.65. The largest absolute Gasteiger partial charge is 0.475 e. The maximum atomic E-state index is 12.9. The van der Waals surface area contributed by atoms with E-state index < -0.39 is 35.0 Å². The van der Waals surface area contributed by atoms with Gasteiger partial charge in [0.05, 0.1) is 16.8 Å². The van der Waals surface area contributed by atoms with Crippen LogP contribution in [0.15, 0.2) is 35.2 Å². The number of amides is 1. The summed E-state index contributed by atoms with van der Waals surface area (Å²) in [5.74, 6) is -1.65. The SMILES string of the molecule is N[C@@H]1CCN(S(=O)(=O)c2ccccc2)C[C@H]1C(=O)N1CCC[C@H]1B(O)O. The van der Waals surface area contributed by atoms with E-state index in [4.69, 9.17) is 5.73 Å². The second kappa shape index (κ2) is 7.65. The quantitative estimate of drug-likeness (QED) is 0.577. The van der Waals surface area contributed by atoms with Gasteiger partial charge in [-0.2, -0.15) is 4.31 Å². The number of rotatable bonds is 4. The van der Waals surface area contributed by atoms with Crippen molar-refractivity contribution < 1.29 is 23.3 Å². The monoisotopic (exact) mass is 381 g/mol. The number of benzene rings is 1. The molecule has 0 aliphatic carbocycles. The van der Waals surface area contributed by atoms with Gasteiger partial charge in [-0.1, -0.05) is 18.2 Å². The van der Waals surface area contributed by atoms with Crippen LogP contribution in [0.5, 0.6) is 0 Å². The molecular weight excluding hydrogens is 357 g/mol. The molecule has 0 bridgehead atoms. The van der Waals surface area contributed by atoms with Crippen LogP contribution < -0.4 is 5.73 Å². The van der Waals surface area contributed by atoms with Crippen LogP contribution in [0.4, 0.5) is 0 Å². The van der Waals surface area contributed by atoms with Crippen molar-refractivity contribution in [3.63, 3.8) is 0 Å². The summed E-state index contributed by atoms with van der Waals surface area (Å²) in [6, 6.07) is 7.65. The molecule has 0 spiro atoms. The van der Waals surface area contributed by atoms with Crippen LogP contribution in [0.1, 0.15) is 19.3 Å².